The average molecular weight is 431 g/mol. The topological polar surface area (TPSA) is 83.5 Å². The number of hydrogen-bond acceptors (Lipinski definition) is 8. The minimum Gasteiger partial charge on any atom is -0.492 e. The fraction of sp³-hybridized carbons (Fsp3) is 0.739. The molecule has 8 heteroatoms. The van der Waals surface area contributed by atoms with Crippen molar-refractivity contribution in [3.8, 4) is 0 Å². The fourth-order valence-electron chi connectivity index (χ4n) is 6.91. The molecule has 8 nitrogen and oxygen atoms in total. The van der Waals surface area contributed by atoms with E-state index in [4.69, 9.17) is 23.7 Å². The molecule has 168 valence electrons. The van der Waals surface area contributed by atoms with E-state index in [0.29, 0.717) is 22.9 Å². The lowest BCUT2D eigenvalue weighted by Gasteiger charge is -2.33. The highest BCUT2D eigenvalue weighted by atomic mass is 16.7. The van der Waals surface area contributed by atoms with Gasteiger partial charge in [-0.3, -0.25) is 9.69 Å². The van der Waals surface area contributed by atoms with Crippen LogP contribution >= 0.6 is 0 Å². The summed E-state index contributed by atoms with van der Waals surface area (Å²) in [4.78, 5) is 26.7. The van der Waals surface area contributed by atoms with Gasteiger partial charge in [0.25, 0.3) is 0 Å². The second-order valence-corrected chi connectivity index (χ2v) is 9.87. The fourth-order valence-corrected chi connectivity index (χ4v) is 6.91. The summed E-state index contributed by atoms with van der Waals surface area (Å²) in [6.07, 6.45) is 3.34. The van der Waals surface area contributed by atoms with Crippen molar-refractivity contribution in [3.63, 3.8) is 0 Å². The minimum absolute atomic E-state index is 0.0123. The van der Waals surface area contributed by atoms with Gasteiger partial charge in [0.05, 0.1) is 30.6 Å². The summed E-state index contributed by atoms with van der Waals surface area (Å²) in [6, 6.07) is 0.383. The average Bonchev–Trinajstić information content (AvgIpc) is 3.44. The number of carbonyl (C=O) groups is 2. The summed E-state index contributed by atoms with van der Waals surface area (Å²) < 4.78 is 30.0. The maximum atomic E-state index is 12.2. The number of cyclic esters (lactones) is 2. The molecule has 31 heavy (non-hydrogen) atoms. The molecule has 0 spiro atoms. The van der Waals surface area contributed by atoms with Gasteiger partial charge in [-0.05, 0) is 32.7 Å². The number of rotatable bonds is 2. The normalized spacial score (nSPS) is 48.6. The quantitative estimate of drug-likeness (QED) is 0.616. The standard InChI is InChI=1S/C23H29NO7/c1-10-8-14(28-21(10)25)13-9-15-17-16-11(2)19(20-18(27-4)12(3)22(26)29-20)31-23(16,30-15)6-5-7-24(13)17/h10-11,13-17H,5-9H2,1-4H3/b20-19-/t10-,11-,13-,14-,15-,16+,17-,23+/m0/s1. The van der Waals surface area contributed by atoms with Crippen molar-refractivity contribution >= 4 is 11.9 Å². The molecular formula is C23H29NO7. The molecule has 6 rings (SSSR count). The lowest BCUT2D eigenvalue weighted by molar-refractivity contribution is -0.206. The Morgan fingerprint density at radius 1 is 1.16 bits per heavy atom. The van der Waals surface area contributed by atoms with E-state index >= 15 is 0 Å². The Labute approximate surface area is 181 Å². The van der Waals surface area contributed by atoms with Crippen molar-refractivity contribution < 1.29 is 33.3 Å². The van der Waals surface area contributed by atoms with E-state index in [-0.39, 0.29) is 48.0 Å². The van der Waals surface area contributed by atoms with Crippen molar-refractivity contribution in [3.05, 3.63) is 22.9 Å². The Morgan fingerprint density at radius 2 is 1.97 bits per heavy atom. The van der Waals surface area contributed by atoms with Crippen LogP contribution in [0, 0.1) is 17.8 Å². The zero-order valence-electron chi connectivity index (χ0n) is 18.4. The molecule has 0 aromatic carbocycles. The molecule has 0 N–H and O–H groups in total. The molecule has 0 unspecified atom stereocenters. The highest BCUT2D eigenvalue weighted by molar-refractivity contribution is 5.93. The summed E-state index contributed by atoms with van der Waals surface area (Å²) in [5, 5.41) is 0. The predicted molar refractivity (Wildman–Crippen MR) is 106 cm³/mol. The van der Waals surface area contributed by atoms with E-state index in [1.54, 1.807) is 14.0 Å². The van der Waals surface area contributed by atoms with E-state index in [1.165, 1.54) is 0 Å². The number of hydrogen-bond donors (Lipinski definition) is 0. The summed E-state index contributed by atoms with van der Waals surface area (Å²) in [7, 11) is 1.54. The lowest BCUT2D eigenvalue weighted by Crippen LogP contribution is -2.47. The molecule has 2 bridgehead atoms. The second-order valence-electron chi connectivity index (χ2n) is 9.87. The third kappa shape index (κ3) is 2.49. The number of nitrogens with zero attached hydrogens (tertiary/aromatic N) is 1. The smallest absolute Gasteiger partial charge is 0.343 e. The van der Waals surface area contributed by atoms with Crippen LogP contribution < -0.4 is 0 Å². The molecule has 0 aliphatic carbocycles. The van der Waals surface area contributed by atoms with E-state index < -0.39 is 11.8 Å². The number of carbonyl (C=O) groups excluding carboxylic acids is 2. The molecular weight excluding hydrogens is 402 g/mol. The zero-order chi connectivity index (χ0) is 21.7. The van der Waals surface area contributed by atoms with Crippen LogP contribution in [0.2, 0.25) is 0 Å². The molecule has 0 saturated carbocycles. The van der Waals surface area contributed by atoms with Crippen LogP contribution in [0.25, 0.3) is 0 Å². The number of methoxy groups -OCH3 is 1. The predicted octanol–water partition coefficient (Wildman–Crippen LogP) is 2.24. The van der Waals surface area contributed by atoms with Crippen molar-refractivity contribution in [2.75, 3.05) is 13.7 Å². The molecule has 5 saturated heterocycles. The molecule has 0 radical (unpaired) electrons. The summed E-state index contributed by atoms with van der Waals surface area (Å²) in [5.41, 5.74) is 0.456. The molecule has 0 aromatic heterocycles. The molecule has 5 fully saturated rings. The summed E-state index contributed by atoms with van der Waals surface area (Å²) in [6.45, 7) is 6.73. The molecule has 8 atom stereocenters. The van der Waals surface area contributed by atoms with Gasteiger partial charge in [-0.1, -0.05) is 13.8 Å². The van der Waals surface area contributed by atoms with Crippen LogP contribution in [-0.4, -0.2) is 60.6 Å². The first-order valence-corrected chi connectivity index (χ1v) is 11.4. The van der Waals surface area contributed by atoms with E-state index in [1.807, 2.05) is 6.92 Å². The van der Waals surface area contributed by atoms with Crippen LogP contribution in [0.3, 0.4) is 0 Å². The third-order valence-corrected chi connectivity index (χ3v) is 8.23. The van der Waals surface area contributed by atoms with Crippen molar-refractivity contribution in [2.24, 2.45) is 17.8 Å². The largest absolute Gasteiger partial charge is 0.492 e. The van der Waals surface area contributed by atoms with Gasteiger partial charge < -0.3 is 23.7 Å². The van der Waals surface area contributed by atoms with Crippen LogP contribution in [-0.2, 0) is 33.3 Å². The first kappa shape index (κ1) is 19.6. The maximum Gasteiger partial charge on any atom is 0.343 e. The Balaban J connectivity index is 1.35. The number of ether oxygens (including phenoxy) is 5. The Hall–Kier alpha value is -2.06. The Morgan fingerprint density at radius 3 is 2.68 bits per heavy atom. The minimum atomic E-state index is -0.696. The van der Waals surface area contributed by atoms with Crippen LogP contribution in [0.5, 0.6) is 0 Å². The monoisotopic (exact) mass is 431 g/mol. The SMILES string of the molecule is COC1=C(C)C(=O)O/C1=C1\O[C@]23CCCN4[C@H]([C@H]2[C@@H]1C)[C@H](C[C@H]4[C@@H]1C[C@H](C)C(=O)O1)O3. The van der Waals surface area contributed by atoms with E-state index in [2.05, 4.69) is 11.8 Å². The van der Waals surface area contributed by atoms with Crippen LogP contribution in [0.15, 0.2) is 22.9 Å². The van der Waals surface area contributed by atoms with Crippen LogP contribution in [0.1, 0.15) is 46.5 Å². The van der Waals surface area contributed by atoms with E-state index in [0.717, 1.165) is 32.2 Å². The van der Waals surface area contributed by atoms with Gasteiger partial charge in [0, 0.05) is 24.4 Å². The number of allylic oxidation sites excluding steroid dienone is 1. The van der Waals surface area contributed by atoms with Gasteiger partial charge in [0.15, 0.2) is 5.76 Å². The summed E-state index contributed by atoms with van der Waals surface area (Å²) >= 11 is 0. The molecule has 6 aliphatic heterocycles. The second kappa shape index (κ2) is 6.48. The van der Waals surface area contributed by atoms with Crippen LogP contribution in [0.4, 0.5) is 0 Å². The first-order valence-electron chi connectivity index (χ1n) is 11.4. The van der Waals surface area contributed by atoms with Gasteiger partial charge in [-0.2, -0.15) is 0 Å². The van der Waals surface area contributed by atoms with Gasteiger partial charge >= 0.3 is 11.9 Å². The maximum absolute atomic E-state index is 12.2. The van der Waals surface area contributed by atoms with Gasteiger partial charge in [0.2, 0.25) is 11.5 Å². The van der Waals surface area contributed by atoms with Gasteiger partial charge in [-0.25, -0.2) is 4.79 Å². The van der Waals surface area contributed by atoms with Crippen molar-refractivity contribution in [2.45, 2.75) is 76.5 Å². The number of esters is 2. The van der Waals surface area contributed by atoms with Crippen molar-refractivity contribution in [1.82, 2.24) is 4.90 Å². The van der Waals surface area contributed by atoms with Crippen molar-refractivity contribution in [1.29, 1.82) is 0 Å². The highest BCUT2D eigenvalue weighted by Crippen LogP contribution is 2.61. The molecule has 0 aromatic rings. The summed E-state index contributed by atoms with van der Waals surface area (Å²) in [5.74, 6) is 0.408. The molecule has 6 aliphatic rings. The molecule has 0 amide bonds. The van der Waals surface area contributed by atoms with Gasteiger partial charge in [0.1, 0.15) is 11.9 Å². The first-order chi connectivity index (χ1) is 14.8. The Kier molecular flexibility index (Phi) is 4.10. The van der Waals surface area contributed by atoms with E-state index in [9.17, 15) is 9.59 Å². The highest BCUT2D eigenvalue weighted by Gasteiger charge is 2.70. The molecule has 6 heterocycles. The zero-order valence-corrected chi connectivity index (χ0v) is 18.4. The Bertz CT molecular complexity index is 925. The van der Waals surface area contributed by atoms with Gasteiger partial charge in [-0.15, -0.1) is 0 Å². The lowest BCUT2D eigenvalue weighted by atomic mass is 9.82. The third-order valence-electron chi connectivity index (χ3n) is 8.23.